The number of aromatic carboxylic acids is 1. The Morgan fingerprint density at radius 3 is 2.74 bits per heavy atom. The molecule has 0 radical (unpaired) electrons. The summed E-state index contributed by atoms with van der Waals surface area (Å²) in [5, 5.41) is 9.17. The van der Waals surface area contributed by atoms with E-state index in [1.54, 1.807) is 30.5 Å². The van der Waals surface area contributed by atoms with Gasteiger partial charge in [-0.1, -0.05) is 12.1 Å². The highest BCUT2D eigenvalue weighted by Gasteiger charge is 2.14. The third-order valence-corrected chi connectivity index (χ3v) is 3.31. The fraction of sp³-hybridized carbons (Fsp3) is 0.0769. The average Bonchev–Trinajstić information content (AvgIpc) is 2.34. The molecule has 2 rings (SSSR count). The predicted octanol–water partition coefficient (Wildman–Crippen LogP) is 1.94. The number of nitrogens with zero attached hydrogens (tertiary/aromatic N) is 1. The normalized spacial score (nSPS) is 10.4. The Balaban J connectivity index is 2.50. The maximum atomic E-state index is 11.9. The summed E-state index contributed by atoms with van der Waals surface area (Å²) < 4.78 is 1.85. The molecular formula is C13H11BrN2O3. The summed E-state index contributed by atoms with van der Waals surface area (Å²) in [6.45, 7) is 0.158. The van der Waals surface area contributed by atoms with E-state index in [-0.39, 0.29) is 23.4 Å². The van der Waals surface area contributed by atoms with Gasteiger partial charge in [-0.3, -0.25) is 4.79 Å². The number of nitrogens with two attached hydrogens (primary N) is 1. The number of hydrogen-bond acceptors (Lipinski definition) is 3. The maximum absolute atomic E-state index is 11.9. The summed E-state index contributed by atoms with van der Waals surface area (Å²) in [6, 6.07) is 8.18. The average molecular weight is 323 g/mol. The number of rotatable bonds is 3. The minimum absolute atomic E-state index is 0.0365. The molecule has 2 aromatic rings. The molecule has 6 heteroatoms. The third-order valence-electron chi connectivity index (χ3n) is 2.71. The summed E-state index contributed by atoms with van der Waals surface area (Å²) in [5.41, 5.74) is 6.16. The van der Waals surface area contributed by atoms with Crippen LogP contribution in [0.3, 0.4) is 0 Å². The highest BCUT2D eigenvalue weighted by atomic mass is 79.9. The van der Waals surface area contributed by atoms with Crippen molar-refractivity contribution in [3.05, 3.63) is 62.5 Å². The molecule has 0 bridgehead atoms. The Morgan fingerprint density at radius 1 is 1.32 bits per heavy atom. The first-order valence-electron chi connectivity index (χ1n) is 5.46. The van der Waals surface area contributed by atoms with Crippen molar-refractivity contribution in [1.82, 2.24) is 4.57 Å². The van der Waals surface area contributed by atoms with Crippen LogP contribution in [0.5, 0.6) is 0 Å². The first-order chi connectivity index (χ1) is 9.00. The van der Waals surface area contributed by atoms with Gasteiger partial charge in [0.15, 0.2) is 0 Å². The fourth-order valence-electron chi connectivity index (χ4n) is 1.83. The van der Waals surface area contributed by atoms with E-state index >= 15 is 0 Å². The van der Waals surface area contributed by atoms with Crippen LogP contribution in [0.25, 0.3) is 0 Å². The molecule has 0 amide bonds. The largest absolute Gasteiger partial charge is 0.478 e. The van der Waals surface area contributed by atoms with Gasteiger partial charge in [0, 0.05) is 11.9 Å². The van der Waals surface area contributed by atoms with Crippen molar-refractivity contribution in [3.8, 4) is 0 Å². The van der Waals surface area contributed by atoms with E-state index < -0.39 is 5.97 Å². The SMILES string of the molecule is Nc1cccc(Cn2cccc(Br)c2=O)c1C(=O)O. The van der Waals surface area contributed by atoms with Crippen molar-refractivity contribution in [1.29, 1.82) is 0 Å². The minimum atomic E-state index is -1.10. The lowest BCUT2D eigenvalue weighted by Gasteiger charge is -2.10. The van der Waals surface area contributed by atoms with Crippen LogP contribution in [0.1, 0.15) is 15.9 Å². The van der Waals surface area contributed by atoms with Crippen molar-refractivity contribution in [3.63, 3.8) is 0 Å². The molecule has 1 aromatic carbocycles. The molecule has 19 heavy (non-hydrogen) atoms. The molecule has 0 fully saturated rings. The molecule has 1 aromatic heterocycles. The van der Waals surface area contributed by atoms with Crippen molar-refractivity contribution in [2.45, 2.75) is 6.54 Å². The maximum Gasteiger partial charge on any atom is 0.338 e. The molecule has 3 N–H and O–H groups in total. The second-order valence-corrected chi connectivity index (χ2v) is 4.83. The van der Waals surface area contributed by atoms with Crippen molar-refractivity contribution in [2.75, 3.05) is 5.73 Å². The Morgan fingerprint density at radius 2 is 2.05 bits per heavy atom. The minimum Gasteiger partial charge on any atom is -0.478 e. The van der Waals surface area contributed by atoms with Crippen LogP contribution in [0.15, 0.2) is 45.8 Å². The number of carboxylic acid groups (broad SMARTS) is 1. The summed E-state index contributed by atoms with van der Waals surface area (Å²) >= 11 is 3.15. The molecule has 5 nitrogen and oxygen atoms in total. The molecule has 0 saturated heterocycles. The van der Waals surface area contributed by atoms with Crippen LogP contribution >= 0.6 is 15.9 Å². The topological polar surface area (TPSA) is 85.3 Å². The van der Waals surface area contributed by atoms with E-state index in [0.29, 0.717) is 10.0 Å². The van der Waals surface area contributed by atoms with Crippen LogP contribution in [0.2, 0.25) is 0 Å². The van der Waals surface area contributed by atoms with Crippen LogP contribution in [-0.2, 0) is 6.54 Å². The van der Waals surface area contributed by atoms with E-state index in [2.05, 4.69) is 15.9 Å². The van der Waals surface area contributed by atoms with E-state index in [1.165, 1.54) is 10.6 Å². The lowest BCUT2D eigenvalue weighted by molar-refractivity contribution is 0.0696. The zero-order valence-corrected chi connectivity index (χ0v) is 11.4. The molecule has 0 unspecified atom stereocenters. The smallest absolute Gasteiger partial charge is 0.338 e. The second-order valence-electron chi connectivity index (χ2n) is 3.98. The zero-order valence-electron chi connectivity index (χ0n) is 9.84. The first-order valence-corrected chi connectivity index (χ1v) is 6.25. The van der Waals surface area contributed by atoms with Crippen molar-refractivity contribution in [2.24, 2.45) is 0 Å². The van der Waals surface area contributed by atoms with Crippen LogP contribution in [0, 0.1) is 0 Å². The molecule has 0 aliphatic heterocycles. The quantitative estimate of drug-likeness (QED) is 0.845. The van der Waals surface area contributed by atoms with Gasteiger partial charge >= 0.3 is 5.97 Å². The second kappa shape index (κ2) is 5.27. The number of halogens is 1. The molecule has 0 saturated carbocycles. The molecule has 0 spiro atoms. The van der Waals surface area contributed by atoms with Gasteiger partial charge in [-0.05, 0) is 39.7 Å². The summed E-state index contributed by atoms with van der Waals surface area (Å²) in [4.78, 5) is 23.1. The zero-order chi connectivity index (χ0) is 14.0. The van der Waals surface area contributed by atoms with E-state index in [1.807, 2.05) is 0 Å². The lowest BCUT2D eigenvalue weighted by atomic mass is 10.1. The van der Waals surface area contributed by atoms with Gasteiger partial charge in [0.1, 0.15) is 0 Å². The number of aromatic nitrogens is 1. The van der Waals surface area contributed by atoms with Crippen LogP contribution in [0.4, 0.5) is 5.69 Å². The number of pyridine rings is 1. The van der Waals surface area contributed by atoms with Gasteiger partial charge in [0.2, 0.25) is 0 Å². The first kappa shape index (κ1) is 13.4. The monoisotopic (exact) mass is 322 g/mol. The Bertz CT molecular complexity index is 695. The fourth-order valence-corrected chi connectivity index (χ4v) is 2.21. The highest BCUT2D eigenvalue weighted by Crippen LogP contribution is 2.18. The predicted molar refractivity (Wildman–Crippen MR) is 75.3 cm³/mol. The number of carboxylic acids is 1. The number of carbonyl (C=O) groups is 1. The van der Waals surface area contributed by atoms with Gasteiger partial charge in [-0.25, -0.2) is 4.79 Å². The molecule has 0 aliphatic rings. The van der Waals surface area contributed by atoms with Gasteiger partial charge in [-0.15, -0.1) is 0 Å². The molecule has 0 atom stereocenters. The van der Waals surface area contributed by atoms with E-state index in [9.17, 15) is 14.7 Å². The molecule has 0 aliphatic carbocycles. The Labute approximate surface area is 117 Å². The summed E-state index contributed by atoms with van der Waals surface area (Å²) in [6.07, 6.45) is 1.60. The standard InChI is InChI=1S/C13H11BrN2O3/c14-9-4-2-6-16(12(9)17)7-8-3-1-5-10(15)11(8)13(18)19/h1-6H,7,15H2,(H,18,19). The van der Waals surface area contributed by atoms with Crippen LogP contribution < -0.4 is 11.3 Å². The summed E-state index contributed by atoms with van der Waals surface area (Å²) in [7, 11) is 0. The Kier molecular flexibility index (Phi) is 3.71. The number of anilines is 1. The third kappa shape index (κ3) is 2.68. The van der Waals surface area contributed by atoms with Gasteiger partial charge in [0.25, 0.3) is 5.56 Å². The van der Waals surface area contributed by atoms with Gasteiger partial charge < -0.3 is 15.4 Å². The number of hydrogen-bond donors (Lipinski definition) is 2. The Hall–Kier alpha value is -2.08. The molecule has 98 valence electrons. The number of nitrogen functional groups attached to an aromatic ring is 1. The van der Waals surface area contributed by atoms with E-state index in [4.69, 9.17) is 5.73 Å². The van der Waals surface area contributed by atoms with Crippen molar-refractivity contribution < 1.29 is 9.90 Å². The van der Waals surface area contributed by atoms with Gasteiger partial charge in [0.05, 0.1) is 16.6 Å². The lowest BCUT2D eigenvalue weighted by Crippen LogP contribution is -2.21. The molecular weight excluding hydrogens is 312 g/mol. The van der Waals surface area contributed by atoms with Crippen molar-refractivity contribution >= 4 is 27.6 Å². The summed E-state index contributed by atoms with van der Waals surface area (Å²) in [5.74, 6) is -1.10. The van der Waals surface area contributed by atoms with E-state index in [0.717, 1.165) is 0 Å². The van der Waals surface area contributed by atoms with Crippen LogP contribution in [-0.4, -0.2) is 15.6 Å². The highest BCUT2D eigenvalue weighted by molar-refractivity contribution is 9.10. The number of benzene rings is 1. The molecule has 1 heterocycles. The van der Waals surface area contributed by atoms with Gasteiger partial charge in [-0.2, -0.15) is 0 Å².